The Balaban J connectivity index is 2.93. The Labute approximate surface area is 83.5 Å². The zero-order valence-corrected chi connectivity index (χ0v) is 8.20. The highest BCUT2D eigenvalue weighted by atomic mass is 16.3. The lowest BCUT2D eigenvalue weighted by Gasteiger charge is -2.05. The van der Waals surface area contributed by atoms with Crippen LogP contribution < -0.4 is 11.1 Å². The van der Waals surface area contributed by atoms with Crippen molar-refractivity contribution >= 4 is 5.70 Å². The number of nitrogens with zero attached hydrogens (tertiary/aromatic N) is 1. The van der Waals surface area contributed by atoms with E-state index in [1.807, 2.05) is 19.2 Å². The van der Waals surface area contributed by atoms with Crippen molar-refractivity contribution < 1.29 is 5.11 Å². The van der Waals surface area contributed by atoms with Crippen molar-refractivity contribution in [3.63, 3.8) is 0 Å². The normalized spacial score (nSPS) is 11.7. The van der Waals surface area contributed by atoms with Gasteiger partial charge in [0.25, 0.3) is 0 Å². The molecule has 0 spiro atoms. The van der Waals surface area contributed by atoms with Crippen molar-refractivity contribution in [3.8, 4) is 0 Å². The van der Waals surface area contributed by atoms with Crippen molar-refractivity contribution in [1.82, 2.24) is 10.3 Å². The molecule has 0 saturated carbocycles. The van der Waals surface area contributed by atoms with Gasteiger partial charge in [-0.3, -0.25) is 4.98 Å². The molecule has 0 saturated heterocycles. The zero-order valence-electron chi connectivity index (χ0n) is 8.20. The van der Waals surface area contributed by atoms with Crippen LogP contribution in [-0.2, 0) is 6.61 Å². The smallest absolute Gasteiger partial charge is 0.0911 e. The molecule has 0 fully saturated rings. The van der Waals surface area contributed by atoms with E-state index >= 15 is 0 Å². The minimum atomic E-state index is -0.0444. The molecule has 0 unspecified atom stereocenters. The molecule has 0 aromatic carbocycles. The molecule has 76 valence electrons. The maximum atomic E-state index is 9.05. The Morgan fingerprint density at radius 1 is 1.71 bits per heavy atom. The van der Waals surface area contributed by atoms with Gasteiger partial charge in [-0.2, -0.15) is 0 Å². The lowest BCUT2D eigenvalue weighted by molar-refractivity contribution is 0.281. The van der Waals surface area contributed by atoms with E-state index in [9.17, 15) is 0 Å². The van der Waals surface area contributed by atoms with Crippen LogP contribution in [0.15, 0.2) is 24.4 Å². The summed E-state index contributed by atoms with van der Waals surface area (Å²) in [6.45, 7) is 0.643. The van der Waals surface area contributed by atoms with Crippen molar-refractivity contribution in [2.75, 3.05) is 13.6 Å². The summed E-state index contributed by atoms with van der Waals surface area (Å²) in [4.78, 5) is 4.12. The fourth-order valence-electron chi connectivity index (χ4n) is 1.13. The van der Waals surface area contributed by atoms with Crippen LogP contribution in [0.1, 0.15) is 11.3 Å². The topological polar surface area (TPSA) is 71.2 Å². The molecule has 0 radical (unpaired) electrons. The van der Waals surface area contributed by atoms with Crippen molar-refractivity contribution in [2.24, 2.45) is 5.73 Å². The molecule has 1 aromatic rings. The molecular weight excluding hydrogens is 178 g/mol. The van der Waals surface area contributed by atoms with Crippen LogP contribution in [0.3, 0.4) is 0 Å². The van der Waals surface area contributed by atoms with Gasteiger partial charge in [-0.25, -0.2) is 0 Å². The highest BCUT2D eigenvalue weighted by Crippen LogP contribution is 2.11. The molecule has 14 heavy (non-hydrogen) atoms. The minimum Gasteiger partial charge on any atom is -0.397 e. The molecule has 0 bridgehead atoms. The third-order valence-corrected chi connectivity index (χ3v) is 1.86. The molecule has 4 N–H and O–H groups in total. The molecule has 0 aliphatic heterocycles. The van der Waals surface area contributed by atoms with E-state index in [-0.39, 0.29) is 6.61 Å². The van der Waals surface area contributed by atoms with E-state index in [0.717, 1.165) is 5.56 Å². The summed E-state index contributed by atoms with van der Waals surface area (Å²) < 4.78 is 0. The molecule has 4 nitrogen and oxygen atoms in total. The Hall–Kier alpha value is -1.39. The Kier molecular flexibility index (Phi) is 4.10. The molecule has 0 aliphatic carbocycles. The fourth-order valence-corrected chi connectivity index (χ4v) is 1.13. The number of hydrogen-bond donors (Lipinski definition) is 3. The van der Waals surface area contributed by atoms with Crippen LogP contribution in [0.4, 0.5) is 0 Å². The van der Waals surface area contributed by atoms with E-state index in [2.05, 4.69) is 10.3 Å². The number of aliphatic hydroxyl groups is 1. The minimum absolute atomic E-state index is 0.0444. The van der Waals surface area contributed by atoms with Gasteiger partial charge in [0.1, 0.15) is 0 Å². The molecule has 0 atom stereocenters. The van der Waals surface area contributed by atoms with Gasteiger partial charge in [-0.05, 0) is 19.2 Å². The maximum Gasteiger partial charge on any atom is 0.0911 e. The molecule has 0 amide bonds. The van der Waals surface area contributed by atoms with E-state index < -0.39 is 0 Å². The molecule has 0 aliphatic rings. The predicted octanol–water partition coefficient (Wildman–Crippen LogP) is 0.0929. The van der Waals surface area contributed by atoms with E-state index in [1.165, 1.54) is 0 Å². The first kappa shape index (κ1) is 10.7. The lowest BCUT2D eigenvalue weighted by atomic mass is 10.1. The van der Waals surface area contributed by atoms with Gasteiger partial charge >= 0.3 is 0 Å². The summed E-state index contributed by atoms with van der Waals surface area (Å²) in [5, 5.41) is 12.0. The first-order valence-corrected chi connectivity index (χ1v) is 4.45. The van der Waals surface area contributed by atoms with Crippen molar-refractivity contribution in [1.29, 1.82) is 0 Å². The van der Waals surface area contributed by atoms with Crippen molar-refractivity contribution in [2.45, 2.75) is 6.61 Å². The van der Waals surface area contributed by atoms with Crippen LogP contribution in [0.5, 0.6) is 0 Å². The summed E-state index contributed by atoms with van der Waals surface area (Å²) in [5.74, 6) is 0. The number of rotatable bonds is 4. The zero-order chi connectivity index (χ0) is 10.4. The summed E-state index contributed by atoms with van der Waals surface area (Å²) in [6.07, 6.45) is 3.50. The second kappa shape index (κ2) is 5.36. The van der Waals surface area contributed by atoms with Gasteiger partial charge in [0.15, 0.2) is 0 Å². The van der Waals surface area contributed by atoms with Crippen LogP contribution in [0.2, 0.25) is 0 Å². The van der Waals surface area contributed by atoms with Gasteiger partial charge in [0.2, 0.25) is 0 Å². The van der Waals surface area contributed by atoms with Gasteiger partial charge in [-0.15, -0.1) is 0 Å². The number of nitrogens with two attached hydrogens (primary N) is 1. The summed E-state index contributed by atoms with van der Waals surface area (Å²) in [5.41, 5.74) is 7.80. The summed E-state index contributed by atoms with van der Waals surface area (Å²) >= 11 is 0. The first-order valence-electron chi connectivity index (χ1n) is 4.45. The summed E-state index contributed by atoms with van der Waals surface area (Å²) in [7, 11) is 1.84. The van der Waals surface area contributed by atoms with Crippen LogP contribution >= 0.6 is 0 Å². The number of hydrogen-bond acceptors (Lipinski definition) is 4. The Morgan fingerprint density at radius 2 is 2.50 bits per heavy atom. The second-order valence-electron chi connectivity index (χ2n) is 2.89. The number of nitrogens with one attached hydrogen (secondary N) is 1. The highest BCUT2D eigenvalue weighted by Gasteiger charge is 2.03. The largest absolute Gasteiger partial charge is 0.397 e. The molecular formula is C10H15N3O. The quantitative estimate of drug-likeness (QED) is 0.634. The molecule has 4 heteroatoms. The van der Waals surface area contributed by atoms with Gasteiger partial charge in [-0.1, -0.05) is 6.07 Å². The van der Waals surface area contributed by atoms with Gasteiger partial charge in [0.05, 0.1) is 18.0 Å². The average Bonchev–Trinajstić information content (AvgIpc) is 2.25. The highest BCUT2D eigenvalue weighted by molar-refractivity contribution is 5.62. The number of aromatic nitrogens is 1. The first-order chi connectivity index (χ1) is 6.79. The van der Waals surface area contributed by atoms with Crippen molar-refractivity contribution in [3.05, 3.63) is 35.7 Å². The number of likely N-dealkylation sites (N-methyl/N-ethyl adjacent to an activating group) is 1. The lowest BCUT2D eigenvalue weighted by Crippen LogP contribution is -2.09. The third-order valence-electron chi connectivity index (χ3n) is 1.86. The molecule has 1 aromatic heterocycles. The van der Waals surface area contributed by atoms with Crippen LogP contribution in [0, 0.1) is 0 Å². The average molecular weight is 193 g/mol. The Morgan fingerprint density at radius 3 is 3.14 bits per heavy atom. The monoisotopic (exact) mass is 193 g/mol. The molecule has 1 heterocycles. The molecule has 1 rings (SSSR count). The number of pyridine rings is 1. The van der Waals surface area contributed by atoms with E-state index in [0.29, 0.717) is 17.9 Å². The van der Waals surface area contributed by atoms with E-state index in [1.54, 1.807) is 12.3 Å². The Bertz CT molecular complexity index is 323. The third kappa shape index (κ3) is 2.55. The number of aliphatic hydroxyl groups excluding tert-OH is 1. The van der Waals surface area contributed by atoms with Crippen LogP contribution in [-0.4, -0.2) is 23.7 Å². The van der Waals surface area contributed by atoms with Gasteiger partial charge in [0, 0.05) is 18.3 Å². The standard InChI is InChI=1S/C10H15N3O/c1-12-6-4-9(11)10-8(7-14)3-2-5-13-10/h2-5,12,14H,6-7,11H2,1H3/b9-4-. The second-order valence-corrected chi connectivity index (χ2v) is 2.89. The fraction of sp³-hybridized carbons (Fsp3) is 0.300. The SMILES string of the molecule is CNC/C=C(\N)c1ncccc1CO. The maximum absolute atomic E-state index is 9.05. The van der Waals surface area contributed by atoms with Crippen LogP contribution in [0.25, 0.3) is 5.70 Å². The summed E-state index contributed by atoms with van der Waals surface area (Å²) in [6, 6.07) is 3.59. The van der Waals surface area contributed by atoms with E-state index in [4.69, 9.17) is 10.8 Å². The predicted molar refractivity (Wildman–Crippen MR) is 56.3 cm³/mol. The van der Waals surface area contributed by atoms with Gasteiger partial charge < -0.3 is 16.2 Å².